The highest BCUT2D eigenvalue weighted by Crippen LogP contribution is 2.31. The first-order valence-electron chi connectivity index (χ1n) is 8.77. The lowest BCUT2D eigenvalue weighted by molar-refractivity contribution is 0.0729. The zero-order valence-electron chi connectivity index (χ0n) is 16.0. The standard InChI is InChI=1S/C22H23NO3S/c1-14-5-10-19(15(2)11-14)22-23-16(3)21(27-22)20(24)13-26-12-17-6-8-18(25-4)9-7-17/h5-11H,12-13H2,1-4H3. The quantitative estimate of drug-likeness (QED) is 0.532. The Bertz CT molecular complexity index is 945. The van der Waals surface area contributed by atoms with Gasteiger partial charge in [-0.1, -0.05) is 35.9 Å². The van der Waals surface area contributed by atoms with E-state index in [9.17, 15) is 4.79 Å². The van der Waals surface area contributed by atoms with Gasteiger partial charge in [0.25, 0.3) is 0 Å². The summed E-state index contributed by atoms with van der Waals surface area (Å²) in [4.78, 5) is 17.8. The molecule has 0 fully saturated rings. The molecule has 0 aliphatic carbocycles. The van der Waals surface area contributed by atoms with Crippen molar-refractivity contribution in [2.45, 2.75) is 27.4 Å². The summed E-state index contributed by atoms with van der Waals surface area (Å²) in [5, 5.41) is 0.878. The Morgan fingerprint density at radius 2 is 1.81 bits per heavy atom. The molecule has 1 heterocycles. The summed E-state index contributed by atoms with van der Waals surface area (Å²) < 4.78 is 10.7. The number of carbonyl (C=O) groups is 1. The molecule has 0 radical (unpaired) electrons. The maximum Gasteiger partial charge on any atom is 0.200 e. The summed E-state index contributed by atoms with van der Waals surface area (Å²) in [6, 6.07) is 13.9. The van der Waals surface area contributed by atoms with Crippen molar-refractivity contribution < 1.29 is 14.3 Å². The number of hydrogen-bond donors (Lipinski definition) is 0. The molecule has 0 N–H and O–H groups in total. The fraction of sp³-hybridized carbons (Fsp3) is 0.273. The van der Waals surface area contributed by atoms with E-state index in [-0.39, 0.29) is 12.4 Å². The van der Waals surface area contributed by atoms with Crippen LogP contribution in [0.15, 0.2) is 42.5 Å². The first kappa shape index (κ1) is 19.3. The van der Waals surface area contributed by atoms with E-state index in [1.807, 2.05) is 31.2 Å². The van der Waals surface area contributed by atoms with Crippen molar-refractivity contribution in [1.29, 1.82) is 0 Å². The third-order valence-electron chi connectivity index (χ3n) is 4.32. The molecule has 0 aliphatic heterocycles. The van der Waals surface area contributed by atoms with E-state index in [1.165, 1.54) is 22.5 Å². The van der Waals surface area contributed by atoms with Crippen molar-refractivity contribution in [2.75, 3.05) is 13.7 Å². The predicted molar refractivity (Wildman–Crippen MR) is 109 cm³/mol. The highest BCUT2D eigenvalue weighted by molar-refractivity contribution is 7.17. The number of rotatable bonds is 7. The number of benzene rings is 2. The van der Waals surface area contributed by atoms with Gasteiger partial charge in [-0.25, -0.2) is 4.98 Å². The van der Waals surface area contributed by atoms with Gasteiger partial charge >= 0.3 is 0 Å². The number of nitrogens with zero attached hydrogens (tertiary/aromatic N) is 1. The van der Waals surface area contributed by atoms with Gasteiger partial charge in [0.1, 0.15) is 17.4 Å². The number of methoxy groups -OCH3 is 1. The van der Waals surface area contributed by atoms with Crippen molar-refractivity contribution in [3.05, 3.63) is 69.7 Å². The number of Topliss-reactive ketones (excluding diaryl/α,β-unsaturated/α-hetero) is 1. The summed E-state index contributed by atoms with van der Waals surface area (Å²) in [6.07, 6.45) is 0. The van der Waals surface area contributed by atoms with Crippen LogP contribution in [0.1, 0.15) is 32.1 Å². The lowest BCUT2D eigenvalue weighted by atomic mass is 10.1. The minimum absolute atomic E-state index is 0.0328. The zero-order valence-corrected chi connectivity index (χ0v) is 16.9. The largest absolute Gasteiger partial charge is 0.497 e. The Kier molecular flexibility index (Phi) is 6.04. The van der Waals surface area contributed by atoms with Crippen LogP contribution in [-0.4, -0.2) is 24.5 Å². The fourth-order valence-corrected chi connectivity index (χ4v) is 3.95. The molecule has 0 saturated carbocycles. The molecule has 0 atom stereocenters. The molecule has 0 spiro atoms. The smallest absolute Gasteiger partial charge is 0.200 e. The Labute approximate surface area is 163 Å². The van der Waals surface area contributed by atoms with Gasteiger partial charge in [-0.15, -0.1) is 11.3 Å². The van der Waals surface area contributed by atoms with Gasteiger partial charge in [-0.05, 0) is 44.0 Å². The first-order chi connectivity index (χ1) is 13.0. The van der Waals surface area contributed by atoms with E-state index >= 15 is 0 Å². The van der Waals surface area contributed by atoms with Crippen LogP contribution in [-0.2, 0) is 11.3 Å². The molecule has 0 aliphatic rings. The van der Waals surface area contributed by atoms with Crippen molar-refractivity contribution in [2.24, 2.45) is 0 Å². The van der Waals surface area contributed by atoms with E-state index in [0.717, 1.165) is 27.6 Å². The maximum absolute atomic E-state index is 12.6. The topological polar surface area (TPSA) is 48.4 Å². The van der Waals surface area contributed by atoms with Crippen molar-refractivity contribution in [3.8, 4) is 16.3 Å². The van der Waals surface area contributed by atoms with Gasteiger partial charge in [0, 0.05) is 5.56 Å². The molecule has 0 amide bonds. The summed E-state index contributed by atoms with van der Waals surface area (Å²) in [6.45, 7) is 6.44. The Morgan fingerprint density at radius 3 is 2.48 bits per heavy atom. The molecule has 0 saturated heterocycles. The molecule has 1 aromatic heterocycles. The molecular weight excluding hydrogens is 358 g/mol. The molecule has 140 valence electrons. The lowest BCUT2D eigenvalue weighted by Crippen LogP contribution is -2.08. The van der Waals surface area contributed by atoms with E-state index in [0.29, 0.717) is 11.5 Å². The van der Waals surface area contributed by atoms with Crippen molar-refractivity contribution in [1.82, 2.24) is 4.98 Å². The average molecular weight is 381 g/mol. The molecule has 2 aromatic carbocycles. The van der Waals surface area contributed by atoms with Crippen LogP contribution in [0.4, 0.5) is 0 Å². The van der Waals surface area contributed by atoms with Gasteiger partial charge in [-0.2, -0.15) is 0 Å². The molecule has 3 aromatic rings. The number of carbonyl (C=O) groups excluding carboxylic acids is 1. The number of ketones is 1. The van der Waals surface area contributed by atoms with Crippen molar-refractivity contribution >= 4 is 17.1 Å². The van der Waals surface area contributed by atoms with Crippen LogP contribution in [0.5, 0.6) is 5.75 Å². The van der Waals surface area contributed by atoms with Crippen LogP contribution in [0.2, 0.25) is 0 Å². The zero-order chi connectivity index (χ0) is 19.4. The molecule has 27 heavy (non-hydrogen) atoms. The predicted octanol–water partition coefficient (Wildman–Crippen LogP) is 5.14. The molecule has 4 nitrogen and oxygen atoms in total. The second-order valence-corrected chi connectivity index (χ2v) is 7.52. The first-order valence-corrected chi connectivity index (χ1v) is 9.58. The number of aromatic nitrogens is 1. The Morgan fingerprint density at radius 1 is 1.07 bits per heavy atom. The minimum atomic E-state index is -0.0328. The molecular formula is C22H23NO3S. The summed E-state index contributed by atoms with van der Waals surface area (Å²) in [5.74, 6) is 0.767. The highest BCUT2D eigenvalue weighted by Gasteiger charge is 2.17. The molecule has 0 unspecified atom stereocenters. The Balaban J connectivity index is 1.65. The number of aryl methyl sites for hydroxylation is 3. The number of ether oxygens (including phenoxy) is 2. The maximum atomic E-state index is 12.6. The van der Waals surface area contributed by atoms with Gasteiger partial charge in [-0.3, -0.25) is 4.79 Å². The third-order valence-corrected chi connectivity index (χ3v) is 5.55. The van der Waals surface area contributed by atoms with Gasteiger partial charge in [0.05, 0.1) is 24.3 Å². The van der Waals surface area contributed by atoms with E-state index in [1.54, 1.807) is 7.11 Å². The minimum Gasteiger partial charge on any atom is -0.497 e. The lowest BCUT2D eigenvalue weighted by Gasteiger charge is -2.05. The molecule has 0 bridgehead atoms. The fourth-order valence-electron chi connectivity index (χ4n) is 2.87. The van der Waals surface area contributed by atoms with Gasteiger partial charge in [0.2, 0.25) is 0 Å². The van der Waals surface area contributed by atoms with E-state index in [4.69, 9.17) is 9.47 Å². The average Bonchev–Trinajstić information content (AvgIpc) is 3.03. The normalized spacial score (nSPS) is 10.8. The second-order valence-electron chi connectivity index (χ2n) is 6.52. The van der Waals surface area contributed by atoms with Crippen LogP contribution < -0.4 is 4.74 Å². The highest BCUT2D eigenvalue weighted by atomic mass is 32.1. The van der Waals surface area contributed by atoms with Crippen molar-refractivity contribution in [3.63, 3.8) is 0 Å². The summed E-state index contributed by atoms with van der Waals surface area (Å²) >= 11 is 1.43. The third kappa shape index (κ3) is 4.62. The number of thiazole rings is 1. The summed E-state index contributed by atoms with van der Waals surface area (Å²) in [7, 11) is 1.63. The van der Waals surface area contributed by atoms with Crippen LogP contribution >= 0.6 is 11.3 Å². The molecule has 3 rings (SSSR count). The van der Waals surface area contributed by atoms with Crippen LogP contribution in [0, 0.1) is 20.8 Å². The molecule has 5 heteroatoms. The van der Waals surface area contributed by atoms with E-state index in [2.05, 4.69) is 37.0 Å². The second kappa shape index (κ2) is 8.46. The summed E-state index contributed by atoms with van der Waals surface area (Å²) in [5.41, 5.74) is 5.21. The van der Waals surface area contributed by atoms with Gasteiger partial charge < -0.3 is 9.47 Å². The number of hydrogen-bond acceptors (Lipinski definition) is 5. The monoisotopic (exact) mass is 381 g/mol. The SMILES string of the molecule is COc1ccc(COCC(=O)c2sc(-c3ccc(C)cc3C)nc2C)cc1. The van der Waals surface area contributed by atoms with Crippen LogP contribution in [0.25, 0.3) is 10.6 Å². The van der Waals surface area contributed by atoms with Gasteiger partial charge in [0.15, 0.2) is 5.78 Å². The van der Waals surface area contributed by atoms with E-state index < -0.39 is 0 Å². The van der Waals surface area contributed by atoms with Crippen LogP contribution in [0.3, 0.4) is 0 Å². The Hall–Kier alpha value is -2.50.